The Bertz CT molecular complexity index is 707. The standard InChI is InChI=1S/C16H14N2S/c1-2-6-12-10-13(9-11(12)5-1)17-16-14-7-3-4-8-15(14)18-19-16/h1-8,13,17H,9-10H2. The van der Waals surface area contributed by atoms with E-state index in [1.807, 2.05) is 6.07 Å². The average Bonchev–Trinajstić information content (AvgIpc) is 3.03. The topological polar surface area (TPSA) is 24.9 Å². The Balaban J connectivity index is 1.60. The predicted octanol–water partition coefficient (Wildman–Crippen LogP) is 3.88. The number of benzene rings is 2. The van der Waals surface area contributed by atoms with Crippen LogP contribution in [0.1, 0.15) is 11.1 Å². The van der Waals surface area contributed by atoms with Crippen molar-refractivity contribution in [3.8, 4) is 0 Å². The van der Waals surface area contributed by atoms with E-state index in [9.17, 15) is 0 Å². The first-order valence-corrected chi connectivity index (χ1v) is 7.35. The summed E-state index contributed by atoms with van der Waals surface area (Å²) in [6.07, 6.45) is 2.23. The smallest absolute Gasteiger partial charge is 0.117 e. The first-order chi connectivity index (χ1) is 9.40. The summed E-state index contributed by atoms with van der Waals surface area (Å²) in [7, 11) is 0. The molecule has 0 bridgehead atoms. The number of rotatable bonds is 2. The summed E-state index contributed by atoms with van der Waals surface area (Å²) in [5, 5.41) is 6.11. The minimum atomic E-state index is 0.501. The molecule has 1 aliphatic carbocycles. The third kappa shape index (κ3) is 1.90. The lowest BCUT2D eigenvalue weighted by Crippen LogP contribution is -2.18. The molecule has 0 amide bonds. The van der Waals surface area contributed by atoms with Gasteiger partial charge in [0.25, 0.3) is 0 Å². The highest BCUT2D eigenvalue weighted by Gasteiger charge is 2.21. The molecule has 1 aliphatic rings. The number of hydrogen-bond donors (Lipinski definition) is 1. The molecule has 94 valence electrons. The average molecular weight is 266 g/mol. The number of nitrogens with one attached hydrogen (secondary N) is 1. The summed E-state index contributed by atoms with van der Waals surface area (Å²) >= 11 is 1.57. The quantitative estimate of drug-likeness (QED) is 0.761. The Morgan fingerprint density at radius 1 is 0.947 bits per heavy atom. The molecular formula is C16H14N2S. The monoisotopic (exact) mass is 266 g/mol. The van der Waals surface area contributed by atoms with Crippen molar-refractivity contribution in [2.45, 2.75) is 18.9 Å². The van der Waals surface area contributed by atoms with Crippen molar-refractivity contribution in [3.05, 3.63) is 59.7 Å². The molecule has 3 heteroatoms. The number of nitrogens with zero attached hydrogens (tertiary/aromatic N) is 1. The molecule has 3 aromatic rings. The second-order valence-corrected chi connectivity index (χ2v) is 5.82. The van der Waals surface area contributed by atoms with Crippen LogP contribution < -0.4 is 5.32 Å². The van der Waals surface area contributed by atoms with Gasteiger partial charge in [-0.25, -0.2) is 0 Å². The van der Waals surface area contributed by atoms with E-state index in [-0.39, 0.29) is 0 Å². The van der Waals surface area contributed by atoms with Crippen LogP contribution in [0.3, 0.4) is 0 Å². The fraction of sp³-hybridized carbons (Fsp3) is 0.188. The second kappa shape index (κ2) is 4.35. The molecule has 0 spiro atoms. The molecule has 2 nitrogen and oxygen atoms in total. The molecule has 0 aliphatic heterocycles. The highest BCUT2D eigenvalue weighted by molar-refractivity contribution is 7.11. The van der Waals surface area contributed by atoms with Crippen LogP contribution in [0.5, 0.6) is 0 Å². The molecule has 4 rings (SSSR count). The van der Waals surface area contributed by atoms with E-state index in [1.54, 1.807) is 11.5 Å². The third-order valence-corrected chi connectivity index (χ3v) is 4.58. The summed E-state index contributed by atoms with van der Waals surface area (Å²) in [4.78, 5) is 0. The van der Waals surface area contributed by atoms with E-state index in [0.29, 0.717) is 6.04 Å². The number of aromatic nitrogens is 1. The van der Waals surface area contributed by atoms with Crippen molar-refractivity contribution in [2.75, 3.05) is 5.32 Å². The second-order valence-electron chi connectivity index (χ2n) is 5.05. The van der Waals surface area contributed by atoms with Crippen molar-refractivity contribution in [1.82, 2.24) is 4.37 Å². The van der Waals surface area contributed by atoms with E-state index in [0.717, 1.165) is 18.4 Å². The summed E-state index contributed by atoms with van der Waals surface area (Å²) in [6, 6.07) is 17.6. The minimum Gasteiger partial charge on any atom is -0.372 e. The van der Waals surface area contributed by atoms with Gasteiger partial charge in [-0.15, -0.1) is 0 Å². The molecular weight excluding hydrogens is 252 g/mol. The molecule has 19 heavy (non-hydrogen) atoms. The Morgan fingerprint density at radius 3 is 2.42 bits per heavy atom. The maximum atomic E-state index is 4.49. The molecule has 2 aromatic carbocycles. The van der Waals surface area contributed by atoms with E-state index >= 15 is 0 Å². The Kier molecular flexibility index (Phi) is 2.52. The SMILES string of the molecule is c1ccc2c(c1)CC(Nc1snc3ccccc13)C2. The minimum absolute atomic E-state index is 0.501. The van der Waals surface area contributed by atoms with Crippen LogP contribution in [0.15, 0.2) is 48.5 Å². The van der Waals surface area contributed by atoms with Crippen LogP contribution in [0, 0.1) is 0 Å². The third-order valence-electron chi connectivity index (χ3n) is 3.77. The van der Waals surface area contributed by atoms with Crippen molar-refractivity contribution in [2.24, 2.45) is 0 Å². The number of fused-ring (bicyclic) bond motifs is 2. The molecule has 0 unspecified atom stereocenters. The van der Waals surface area contributed by atoms with Crippen LogP contribution in [0.25, 0.3) is 10.9 Å². The number of anilines is 1. The van der Waals surface area contributed by atoms with Crippen molar-refractivity contribution < 1.29 is 0 Å². The van der Waals surface area contributed by atoms with Crippen LogP contribution in [-0.4, -0.2) is 10.4 Å². The Hall–Kier alpha value is -1.87. The van der Waals surface area contributed by atoms with Gasteiger partial charge in [0.1, 0.15) is 5.00 Å². The molecule has 1 N–H and O–H groups in total. The van der Waals surface area contributed by atoms with Gasteiger partial charge in [-0.1, -0.05) is 36.4 Å². The molecule has 1 heterocycles. The maximum Gasteiger partial charge on any atom is 0.117 e. The Morgan fingerprint density at radius 2 is 1.63 bits per heavy atom. The maximum absolute atomic E-state index is 4.49. The molecule has 0 radical (unpaired) electrons. The lowest BCUT2D eigenvalue weighted by Gasteiger charge is -2.11. The summed E-state index contributed by atoms with van der Waals surface area (Å²) in [5.74, 6) is 0. The van der Waals surface area contributed by atoms with Crippen molar-refractivity contribution in [3.63, 3.8) is 0 Å². The zero-order valence-corrected chi connectivity index (χ0v) is 11.3. The van der Waals surface area contributed by atoms with E-state index in [2.05, 4.69) is 52.2 Å². The largest absolute Gasteiger partial charge is 0.372 e. The van der Waals surface area contributed by atoms with Gasteiger partial charge >= 0.3 is 0 Å². The van der Waals surface area contributed by atoms with Gasteiger partial charge in [0.2, 0.25) is 0 Å². The van der Waals surface area contributed by atoms with Crippen molar-refractivity contribution >= 4 is 27.4 Å². The number of hydrogen-bond acceptors (Lipinski definition) is 3. The van der Waals surface area contributed by atoms with Gasteiger partial charge in [0, 0.05) is 11.4 Å². The van der Waals surface area contributed by atoms with Gasteiger partial charge < -0.3 is 5.32 Å². The molecule has 1 aromatic heterocycles. The van der Waals surface area contributed by atoms with Crippen LogP contribution in [0.2, 0.25) is 0 Å². The van der Waals surface area contributed by atoms with Gasteiger partial charge in [-0.3, -0.25) is 0 Å². The predicted molar refractivity (Wildman–Crippen MR) is 80.9 cm³/mol. The zero-order valence-electron chi connectivity index (χ0n) is 10.5. The Labute approximate surface area is 116 Å². The normalized spacial score (nSPS) is 14.7. The molecule has 0 fully saturated rings. The van der Waals surface area contributed by atoms with E-state index in [1.165, 1.54) is 21.5 Å². The summed E-state index contributed by atoms with van der Waals surface area (Å²) in [5.41, 5.74) is 4.05. The summed E-state index contributed by atoms with van der Waals surface area (Å²) in [6.45, 7) is 0. The highest BCUT2D eigenvalue weighted by atomic mass is 32.1. The lowest BCUT2D eigenvalue weighted by molar-refractivity contribution is 0.778. The summed E-state index contributed by atoms with van der Waals surface area (Å²) < 4.78 is 4.49. The fourth-order valence-corrected chi connectivity index (χ4v) is 3.68. The first kappa shape index (κ1) is 11.0. The lowest BCUT2D eigenvalue weighted by atomic mass is 10.1. The van der Waals surface area contributed by atoms with Crippen LogP contribution in [0.4, 0.5) is 5.00 Å². The van der Waals surface area contributed by atoms with Gasteiger partial charge in [0.05, 0.1) is 5.52 Å². The fourth-order valence-electron chi connectivity index (χ4n) is 2.84. The first-order valence-electron chi connectivity index (χ1n) is 6.58. The van der Waals surface area contributed by atoms with Gasteiger partial charge in [0.15, 0.2) is 0 Å². The van der Waals surface area contributed by atoms with Gasteiger partial charge in [-0.2, -0.15) is 4.37 Å². The van der Waals surface area contributed by atoms with Crippen LogP contribution in [-0.2, 0) is 12.8 Å². The van der Waals surface area contributed by atoms with E-state index in [4.69, 9.17) is 0 Å². The van der Waals surface area contributed by atoms with Crippen LogP contribution >= 0.6 is 11.5 Å². The van der Waals surface area contributed by atoms with Gasteiger partial charge in [-0.05, 0) is 47.6 Å². The molecule has 0 atom stereocenters. The molecule has 0 saturated heterocycles. The van der Waals surface area contributed by atoms with Crippen molar-refractivity contribution in [1.29, 1.82) is 0 Å². The zero-order chi connectivity index (χ0) is 12.7. The highest BCUT2D eigenvalue weighted by Crippen LogP contribution is 2.31. The molecule has 0 saturated carbocycles. The van der Waals surface area contributed by atoms with E-state index < -0.39 is 0 Å².